The van der Waals surface area contributed by atoms with E-state index < -0.39 is 22.0 Å². The van der Waals surface area contributed by atoms with Crippen molar-refractivity contribution in [3.05, 3.63) is 179 Å². The topological polar surface area (TPSA) is 60.2 Å². The third-order valence-electron chi connectivity index (χ3n) is 9.57. The highest BCUT2D eigenvalue weighted by molar-refractivity contribution is 6.29. The molecule has 208 valence electrons. The first-order valence-corrected chi connectivity index (χ1v) is 14.5. The summed E-state index contributed by atoms with van der Waals surface area (Å²) in [7, 11) is 0. The number of hydrogen-bond donors (Lipinski definition) is 0. The largest absolute Gasteiger partial charge is 0.381 e. The molecule has 5 aromatic carbocycles. The normalized spacial score (nSPS) is 28.7. The smallest absolute Gasteiger partial charge is 0.240 e. The summed E-state index contributed by atoms with van der Waals surface area (Å²) in [6, 6.07) is 49.6. The van der Waals surface area contributed by atoms with Gasteiger partial charge in [-0.15, -0.1) is 0 Å². The summed E-state index contributed by atoms with van der Waals surface area (Å²) in [4.78, 5) is 29.6. The lowest BCUT2D eigenvalue weighted by Crippen LogP contribution is -2.61. The van der Waals surface area contributed by atoms with Crippen molar-refractivity contribution in [2.24, 2.45) is 15.7 Å². The van der Waals surface area contributed by atoms with Gasteiger partial charge in [0.25, 0.3) is 0 Å². The Hall–Kier alpha value is -5.29. The molecule has 5 nitrogen and oxygen atoms in total. The minimum absolute atomic E-state index is 0.159. The van der Waals surface area contributed by atoms with Gasteiger partial charge < -0.3 is 9.68 Å². The standard InChI is InChI=1S/C38H28N2O3/c1-35-32(27-17-7-2-8-18-27)39-43-38(35,31-25-15-6-16-26-31)36(29-21-11-4-12-22-29)33(28-19-9-3-10-20-28)40-42-37(36,34(35)41)30-23-13-5-14-24-30/h2-26H,1H3. The Morgan fingerprint density at radius 3 is 1.44 bits per heavy atom. The van der Waals surface area contributed by atoms with Gasteiger partial charge >= 0.3 is 0 Å². The molecule has 1 aliphatic carbocycles. The van der Waals surface area contributed by atoms with E-state index in [-0.39, 0.29) is 5.78 Å². The Labute approximate surface area is 250 Å². The molecule has 4 atom stereocenters. The number of nitrogens with zero attached hydrogens (tertiary/aromatic N) is 2. The van der Waals surface area contributed by atoms with Crippen LogP contribution in [0.5, 0.6) is 0 Å². The number of carbonyl (C=O) groups is 1. The molecule has 1 saturated carbocycles. The Bertz CT molecular complexity index is 1890. The first kappa shape index (κ1) is 25.4. The Morgan fingerprint density at radius 2 is 0.907 bits per heavy atom. The van der Waals surface area contributed by atoms with Gasteiger partial charge in [-0.3, -0.25) is 4.79 Å². The molecule has 5 heteroatoms. The lowest BCUT2D eigenvalue weighted by Gasteiger charge is -2.48. The van der Waals surface area contributed by atoms with Crippen LogP contribution in [0.3, 0.4) is 0 Å². The van der Waals surface area contributed by atoms with E-state index in [9.17, 15) is 0 Å². The predicted molar refractivity (Wildman–Crippen MR) is 166 cm³/mol. The summed E-state index contributed by atoms with van der Waals surface area (Å²) in [5, 5.41) is 9.69. The summed E-state index contributed by atoms with van der Waals surface area (Å²) < 4.78 is 0. The molecule has 0 spiro atoms. The molecule has 0 saturated heterocycles. The predicted octanol–water partition coefficient (Wildman–Crippen LogP) is 7.17. The van der Waals surface area contributed by atoms with E-state index in [1.807, 2.05) is 146 Å². The van der Waals surface area contributed by atoms with E-state index in [2.05, 4.69) is 12.1 Å². The summed E-state index contributed by atoms with van der Waals surface area (Å²) in [6.07, 6.45) is 0. The SMILES string of the molecule is CC12C(=O)C3(c4ccccc4)ON=C(c4ccccc4)C3(c3ccccc3)C1(c1ccccc1)ON=C2c1ccccc1. The maximum absolute atomic E-state index is 15.9. The average Bonchev–Trinajstić information content (AvgIpc) is 3.65. The molecular weight excluding hydrogens is 532 g/mol. The van der Waals surface area contributed by atoms with Crippen molar-refractivity contribution >= 4 is 17.2 Å². The van der Waals surface area contributed by atoms with Crippen molar-refractivity contribution in [1.29, 1.82) is 0 Å². The highest BCUT2D eigenvalue weighted by Crippen LogP contribution is 2.75. The molecular formula is C38H28N2O3. The lowest BCUT2D eigenvalue weighted by molar-refractivity contribution is -0.147. The van der Waals surface area contributed by atoms with Crippen LogP contribution >= 0.6 is 0 Å². The number of hydrogen-bond acceptors (Lipinski definition) is 5. The van der Waals surface area contributed by atoms with Gasteiger partial charge in [0.05, 0.1) is 0 Å². The van der Waals surface area contributed by atoms with Crippen molar-refractivity contribution < 1.29 is 14.5 Å². The van der Waals surface area contributed by atoms with Crippen molar-refractivity contribution in [3.63, 3.8) is 0 Å². The lowest BCUT2D eigenvalue weighted by atomic mass is 9.53. The zero-order valence-electron chi connectivity index (χ0n) is 23.6. The highest BCUT2D eigenvalue weighted by atomic mass is 16.7. The van der Waals surface area contributed by atoms with Crippen molar-refractivity contribution in [2.75, 3.05) is 0 Å². The summed E-state index contributed by atoms with van der Waals surface area (Å²) in [5.41, 5.74) is -0.330. The Balaban J connectivity index is 1.59. The van der Waals surface area contributed by atoms with Crippen LogP contribution in [-0.2, 0) is 31.1 Å². The zero-order valence-corrected chi connectivity index (χ0v) is 23.6. The van der Waals surface area contributed by atoms with E-state index in [1.165, 1.54) is 0 Å². The Kier molecular flexibility index (Phi) is 5.38. The fourth-order valence-electron chi connectivity index (χ4n) is 7.91. The number of ketones is 1. The molecule has 5 aromatic rings. The van der Waals surface area contributed by atoms with Gasteiger partial charge in [0.2, 0.25) is 17.0 Å². The third-order valence-corrected chi connectivity index (χ3v) is 9.57. The fraction of sp³-hybridized carbons (Fsp3) is 0.132. The van der Waals surface area contributed by atoms with Crippen molar-refractivity contribution in [2.45, 2.75) is 23.5 Å². The van der Waals surface area contributed by atoms with Gasteiger partial charge in [-0.1, -0.05) is 162 Å². The van der Waals surface area contributed by atoms with E-state index in [1.54, 1.807) is 0 Å². The fourth-order valence-corrected chi connectivity index (χ4v) is 7.91. The monoisotopic (exact) mass is 560 g/mol. The number of carbonyl (C=O) groups excluding carboxylic acids is 1. The van der Waals surface area contributed by atoms with E-state index in [0.717, 1.165) is 22.3 Å². The molecule has 0 bridgehead atoms. The third kappa shape index (κ3) is 2.89. The molecule has 0 radical (unpaired) electrons. The second-order valence-corrected chi connectivity index (χ2v) is 11.5. The maximum Gasteiger partial charge on any atom is 0.240 e. The van der Waals surface area contributed by atoms with Crippen LogP contribution in [0, 0.1) is 5.41 Å². The molecule has 0 aromatic heterocycles. The molecule has 3 aliphatic rings. The second kappa shape index (κ2) is 9.10. The first-order valence-electron chi connectivity index (χ1n) is 14.5. The van der Waals surface area contributed by atoms with Crippen molar-refractivity contribution in [1.82, 2.24) is 0 Å². The maximum atomic E-state index is 15.9. The number of rotatable bonds is 5. The summed E-state index contributed by atoms with van der Waals surface area (Å²) in [6.45, 7) is 1.97. The molecule has 1 fully saturated rings. The number of Topliss-reactive ketones (excluding diaryl/α,β-unsaturated/α-hetero) is 1. The zero-order chi connectivity index (χ0) is 29.1. The van der Waals surface area contributed by atoms with Crippen molar-refractivity contribution in [3.8, 4) is 0 Å². The average molecular weight is 561 g/mol. The van der Waals surface area contributed by atoms with E-state index in [4.69, 9.17) is 20.0 Å². The van der Waals surface area contributed by atoms with Gasteiger partial charge in [0.15, 0.2) is 0 Å². The second-order valence-electron chi connectivity index (χ2n) is 11.5. The number of benzene rings is 5. The highest BCUT2D eigenvalue weighted by Gasteiger charge is 2.92. The summed E-state index contributed by atoms with van der Waals surface area (Å²) >= 11 is 0. The molecule has 0 N–H and O–H groups in total. The Morgan fingerprint density at radius 1 is 0.488 bits per heavy atom. The minimum atomic E-state index is -1.58. The van der Waals surface area contributed by atoms with Crippen LogP contribution in [0.1, 0.15) is 34.7 Å². The van der Waals surface area contributed by atoms with Gasteiger partial charge in [0.1, 0.15) is 22.3 Å². The van der Waals surface area contributed by atoms with E-state index >= 15 is 4.79 Å². The van der Waals surface area contributed by atoms with Gasteiger partial charge in [-0.05, 0) is 12.5 Å². The van der Waals surface area contributed by atoms with Crippen LogP contribution in [0.15, 0.2) is 162 Å². The minimum Gasteiger partial charge on any atom is -0.381 e. The van der Waals surface area contributed by atoms with Crippen LogP contribution in [0.2, 0.25) is 0 Å². The number of fused-ring (bicyclic) bond motifs is 3. The molecule has 4 unspecified atom stereocenters. The van der Waals surface area contributed by atoms with Gasteiger partial charge in [0, 0.05) is 22.3 Å². The molecule has 8 rings (SSSR count). The summed E-state index contributed by atoms with van der Waals surface area (Å²) in [5.74, 6) is -0.159. The van der Waals surface area contributed by atoms with Crippen LogP contribution in [0.25, 0.3) is 0 Å². The molecule has 43 heavy (non-hydrogen) atoms. The van der Waals surface area contributed by atoms with Crippen LogP contribution in [0.4, 0.5) is 0 Å². The molecule has 2 aliphatic heterocycles. The molecule has 0 amide bonds. The van der Waals surface area contributed by atoms with Gasteiger partial charge in [-0.25, -0.2) is 0 Å². The van der Waals surface area contributed by atoms with Crippen LogP contribution < -0.4 is 0 Å². The van der Waals surface area contributed by atoms with E-state index in [0.29, 0.717) is 17.0 Å². The molecule has 2 heterocycles. The quantitative estimate of drug-likeness (QED) is 0.229. The van der Waals surface area contributed by atoms with Crippen LogP contribution in [-0.4, -0.2) is 17.2 Å². The number of oxime groups is 2. The first-order chi connectivity index (χ1) is 21.1. The van der Waals surface area contributed by atoms with Gasteiger partial charge in [-0.2, -0.15) is 0 Å².